The summed E-state index contributed by atoms with van der Waals surface area (Å²) in [6.45, 7) is 4.37. The van der Waals surface area contributed by atoms with Gasteiger partial charge in [0.15, 0.2) is 0 Å². The molecule has 0 saturated heterocycles. The zero-order valence-corrected chi connectivity index (χ0v) is 38.5. The number of nitrogens with one attached hydrogen (secondary N) is 4. The number of nitrogens with two attached hydrogens (primary N) is 2. The van der Waals surface area contributed by atoms with E-state index in [0.29, 0.717) is 43.5 Å². The van der Waals surface area contributed by atoms with Crippen molar-refractivity contribution in [2.24, 2.45) is 5.73 Å². The van der Waals surface area contributed by atoms with Crippen LogP contribution in [0.15, 0.2) is 116 Å². The topological polar surface area (TPSA) is 244 Å². The molecule has 0 radical (unpaired) electrons. The van der Waals surface area contributed by atoms with Gasteiger partial charge in [0, 0.05) is 38.4 Å². The van der Waals surface area contributed by atoms with Crippen LogP contribution in [0.25, 0.3) is 0 Å². The van der Waals surface area contributed by atoms with Crippen molar-refractivity contribution in [2.45, 2.75) is 121 Å². The number of aliphatic carboxylic acids is 1. The van der Waals surface area contributed by atoms with Gasteiger partial charge in [-0.25, -0.2) is 9.78 Å². The Bertz CT molecular complexity index is 2320. The van der Waals surface area contributed by atoms with Gasteiger partial charge in [-0.15, -0.1) is 0 Å². The van der Waals surface area contributed by atoms with Crippen LogP contribution in [0, 0.1) is 6.92 Å². The molecular formula is C52H66N8O7. The third kappa shape index (κ3) is 16.4. The molecule has 0 aliphatic heterocycles. The fourth-order valence-corrected chi connectivity index (χ4v) is 7.87. The van der Waals surface area contributed by atoms with Gasteiger partial charge in [0.1, 0.15) is 23.9 Å². The largest absolute Gasteiger partial charge is 0.506 e. The Morgan fingerprint density at radius 1 is 0.687 bits per heavy atom. The molecule has 10 N–H and O–H groups in total. The number of aromatic hydroxyl groups is 1. The number of hydrogen-bond donors (Lipinski definition) is 8. The van der Waals surface area contributed by atoms with E-state index >= 15 is 0 Å². The molecule has 5 rings (SSSR count). The highest BCUT2D eigenvalue weighted by Gasteiger charge is 2.28. The van der Waals surface area contributed by atoms with Gasteiger partial charge in [-0.3, -0.25) is 19.2 Å². The molecule has 4 atom stereocenters. The molecule has 0 aliphatic carbocycles. The van der Waals surface area contributed by atoms with E-state index in [1.165, 1.54) is 18.2 Å². The number of anilines is 1. The highest BCUT2D eigenvalue weighted by molar-refractivity contribution is 5.91. The summed E-state index contributed by atoms with van der Waals surface area (Å²) in [7, 11) is 0. The molecule has 1 heterocycles. The molecule has 1 aromatic heterocycles. The second-order valence-electron chi connectivity index (χ2n) is 17.2. The minimum absolute atomic E-state index is 0.0838. The van der Waals surface area contributed by atoms with Gasteiger partial charge in [-0.2, -0.15) is 0 Å². The Kier molecular flexibility index (Phi) is 20.0. The summed E-state index contributed by atoms with van der Waals surface area (Å²) in [5.74, 6) is -3.17. The number of carboxylic acid groups (broad SMARTS) is 1. The van der Waals surface area contributed by atoms with Crippen molar-refractivity contribution < 1.29 is 34.2 Å². The van der Waals surface area contributed by atoms with Gasteiger partial charge in [0.25, 0.3) is 0 Å². The first kappa shape index (κ1) is 51.0. The number of phenols is 1. The SMILES string of the molecule is CCCCCCC(NC(=O)C(N)Cc1cn(C(c2ccccc2)c2ccccc2)cn1)C(=O)NCCCCCC(=O)NC(Cc1ccc(C)cc1)C(=O)NC(Cc1ccc(O)c(N)c1)C(=O)O. The minimum atomic E-state index is -1.32. The second kappa shape index (κ2) is 26.2. The predicted octanol–water partition coefficient (Wildman–Crippen LogP) is 5.66. The summed E-state index contributed by atoms with van der Waals surface area (Å²) in [4.78, 5) is 70.5. The molecule has 67 heavy (non-hydrogen) atoms. The van der Waals surface area contributed by atoms with Gasteiger partial charge in [-0.1, -0.05) is 136 Å². The number of imidazole rings is 1. The zero-order valence-electron chi connectivity index (χ0n) is 38.5. The Balaban J connectivity index is 1.11. The van der Waals surface area contributed by atoms with Crippen molar-refractivity contribution in [1.82, 2.24) is 30.8 Å². The number of nitrogen functional groups attached to an aromatic ring is 1. The van der Waals surface area contributed by atoms with Crippen LogP contribution in [0.5, 0.6) is 5.75 Å². The van der Waals surface area contributed by atoms with Crippen LogP contribution < -0.4 is 32.7 Å². The van der Waals surface area contributed by atoms with Gasteiger partial charge in [0.2, 0.25) is 23.6 Å². The summed E-state index contributed by atoms with van der Waals surface area (Å²) >= 11 is 0. The summed E-state index contributed by atoms with van der Waals surface area (Å²) in [6.07, 6.45) is 9.82. The lowest BCUT2D eigenvalue weighted by atomic mass is 9.98. The molecule has 0 fully saturated rings. The van der Waals surface area contributed by atoms with Crippen LogP contribution in [0.1, 0.15) is 104 Å². The van der Waals surface area contributed by atoms with E-state index in [-0.39, 0.29) is 55.0 Å². The van der Waals surface area contributed by atoms with E-state index in [4.69, 9.17) is 11.5 Å². The standard InChI is InChI=1S/C52H66N8O7/c1-3-4-5-13-20-43(58-49(63)42(54)32-40-33-60(34-56-40)48(38-16-9-6-10-17-38)39-18-11-7-12-19-39)50(64)55-28-15-8-14-21-47(62)57-44(30-36-24-22-35(2)23-25-36)51(65)59-45(52(66)67)31-37-26-27-46(61)41(53)29-37/h6-7,9-12,16-19,22-27,29,33-34,42-45,48,61H,3-5,8,13-15,20-21,28,30-32,53-54H2,1-2H3,(H,55,64)(H,57,62)(H,58,63)(H,59,65)(H,66,67). The molecule has 5 aromatic rings. The number of benzene rings is 4. The van der Waals surface area contributed by atoms with Crippen molar-refractivity contribution in [3.8, 4) is 5.75 Å². The summed E-state index contributed by atoms with van der Waals surface area (Å²) in [5, 5.41) is 30.9. The molecule has 15 nitrogen and oxygen atoms in total. The normalized spacial score (nSPS) is 13.0. The zero-order chi connectivity index (χ0) is 48.1. The lowest BCUT2D eigenvalue weighted by molar-refractivity contribution is -0.142. The fraction of sp³-hybridized carbons (Fsp3) is 0.385. The summed E-state index contributed by atoms with van der Waals surface area (Å²) in [5.41, 5.74) is 17.5. The third-order valence-corrected chi connectivity index (χ3v) is 11.7. The highest BCUT2D eigenvalue weighted by atomic mass is 16.4. The lowest BCUT2D eigenvalue weighted by Crippen LogP contribution is -2.53. The van der Waals surface area contributed by atoms with E-state index in [2.05, 4.69) is 57.4 Å². The average Bonchev–Trinajstić information content (AvgIpc) is 3.77. The van der Waals surface area contributed by atoms with Crippen LogP contribution in [-0.2, 0) is 43.2 Å². The van der Waals surface area contributed by atoms with Crippen LogP contribution in [0.3, 0.4) is 0 Å². The molecule has 4 amide bonds. The molecule has 4 unspecified atom stereocenters. The molecule has 0 saturated carbocycles. The van der Waals surface area contributed by atoms with Gasteiger partial charge < -0.3 is 47.5 Å². The van der Waals surface area contributed by atoms with Crippen molar-refractivity contribution in [1.29, 1.82) is 0 Å². The van der Waals surface area contributed by atoms with E-state index < -0.39 is 42.0 Å². The van der Waals surface area contributed by atoms with Gasteiger partial charge in [0.05, 0.1) is 29.8 Å². The average molecular weight is 915 g/mol. The van der Waals surface area contributed by atoms with Crippen LogP contribution in [0.4, 0.5) is 5.69 Å². The van der Waals surface area contributed by atoms with Crippen molar-refractivity contribution in [2.75, 3.05) is 12.3 Å². The number of nitrogens with zero attached hydrogens (tertiary/aromatic N) is 2. The first-order valence-corrected chi connectivity index (χ1v) is 23.2. The molecule has 0 aliphatic rings. The van der Waals surface area contributed by atoms with E-state index in [0.717, 1.165) is 47.9 Å². The monoisotopic (exact) mass is 915 g/mol. The summed E-state index contributed by atoms with van der Waals surface area (Å²) in [6, 6.07) is 27.9. The van der Waals surface area contributed by atoms with Crippen LogP contribution in [-0.4, -0.2) is 80.1 Å². The highest BCUT2D eigenvalue weighted by Crippen LogP contribution is 2.27. The van der Waals surface area contributed by atoms with Gasteiger partial charge in [-0.05, 0) is 60.6 Å². The van der Waals surface area contributed by atoms with E-state index in [1.54, 1.807) is 6.33 Å². The van der Waals surface area contributed by atoms with E-state index in [9.17, 15) is 34.2 Å². The van der Waals surface area contributed by atoms with Crippen LogP contribution >= 0.6 is 0 Å². The maximum Gasteiger partial charge on any atom is 0.326 e. The fourth-order valence-electron chi connectivity index (χ4n) is 7.87. The van der Waals surface area contributed by atoms with Crippen molar-refractivity contribution >= 4 is 35.3 Å². The number of carboxylic acids is 1. The number of amides is 4. The summed E-state index contributed by atoms with van der Waals surface area (Å²) < 4.78 is 2.02. The lowest BCUT2D eigenvalue weighted by Gasteiger charge is -2.22. The van der Waals surface area contributed by atoms with Crippen molar-refractivity contribution in [3.63, 3.8) is 0 Å². The first-order valence-electron chi connectivity index (χ1n) is 23.2. The molecular weight excluding hydrogens is 849 g/mol. The third-order valence-electron chi connectivity index (χ3n) is 11.7. The number of phenolic OH excluding ortho intramolecular Hbond substituents is 1. The number of carbonyl (C=O) groups is 5. The van der Waals surface area contributed by atoms with Crippen LogP contribution in [0.2, 0.25) is 0 Å². The van der Waals surface area contributed by atoms with E-state index in [1.807, 2.05) is 78.4 Å². The minimum Gasteiger partial charge on any atom is -0.506 e. The maximum atomic E-state index is 13.6. The first-order chi connectivity index (χ1) is 32.3. The quantitative estimate of drug-likeness (QED) is 0.0183. The molecule has 0 spiro atoms. The molecule has 356 valence electrons. The smallest absolute Gasteiger partial charge is 0.326 e. The number of unbranched alkanes of at least 4 members (excludes halogenated alkanes) is 5. The van der Waals surface area contributed by atoms with Gasteiger partial charge >= 0.3 is 5.97 Å². The Hall–Kier alpha value is -7.00. The second-order valence-corrected chi connectivity index (χ2v) is 17.2. The number of carbonyl (C=O) groups excluding carboxylic acids is 4. The molecule has 4 aromatic carbocycles. The number of hydrogen-bond acceptors (Lipinski definition) is 9. The molecule has 15 heteroatoms. The number of rotatable bonds is 27. The Morgan fingerprint density at radius 3 is 1.96 bits per heavy atom. The van der Waals surface area contributed by atoms with Crippen molar-refractivity contribution in [3.05, 3.63) is 149 Å². The molecule has 0 bridgehead atoms. The number of aryl methyl sites for hydroxylation is 1. The number of aromatic nitrogens is 2. The Labute approximate surface area is 393 Å². The Morgan fingerprint density at radius 2 is 1.31 bits per heavy atom. The maximum absolute atomic E-state index is 13.6. The predicted molar refractivity (Wildman–Crippen MR) is 259 cm³/mol.